The molecular formula is C19H22N2O4. The van der Waals surface area contributed by atoms with E-state index in [-0.39, 0.29) is 29.5 Å². The van der Waals surface area contributed by atoms with Gasteiger partial charge in [0.25, 0.3) is 5.91 Å². The van der Waals surface area contributed by atoms with E-state index in [4.69, 9.17) is 9.47 Å². The summed E-state index contributed by atoms with van der Waals surface area (Å²) < 4.78 is 12.2. The number of carbonyl (C=O) groups is 2. The van der Waals surface area contributed by atoms with Gasteiger partial charge in [0.15, 0.2) is 0 Å². The highest BCUT2D eigenvalue weighted by molar-refractivity contribution is 6.04. The third-order valence-corrected chi connectivity index (χ3v) is 6.09. The number of hydrogen-bond donors (Lipinski definition) is 1. The Bertz CT molecular complexity index is 780. The van der Waals surface area contributed by atoms with Gasteiger partial charge in [-0.05, 0) is 38.3 Å². The number of rotatable bonds is 3. The maximum absolute atomic E-state index is 12.1. The van der Waals surface area contributed by atoms with Crippen molar-refractivity contribution in [1.82, 2.24) is 10.2 Å². The summed E-state index contributed by atoms with van der Waals surface area (Å²) in [6.07, 6.45) is 3.76. The molecule has 6 heteroatoms. The number of nitrogens with zero attached hydrogens (tertiary/aromatic N) is 1. The molecule has 1 unspecified atom stereocenters. The van der Waals surface area contributed by atoms with Gasteiger partial charge in [-0.2, -0.15) is 0 Å². The van der Waals surface area contributed by atoms with E-state index in [0.717, 1.165) is 36.5 Å². The van der Waals surface area contributed by atoms with Crippen molar-refractivity contribution in [3.05, 3.63) is 23.3 Å². The molecule has 1 aromatic rings. The van der Waals surface area contributed by atoms with Crippen LogP contribution in [0.15, 0.2) is 12.1 Å². The maximum atomic E-state index is 12.1. The van der Waals surface area contributed by atoms with Gasteiger partial charge in [-0.25, -0.2) is 4.79 Å². The molecule has 1 N–H and O–H groups in total. The molecule has 0 bridgehead atoms. The molecule has 3 fully saturated rings. The number of aryl methyl sites for hydroxylation is 1. The largest absolute Gasteiger partial charge is 0.492 e. The Balaban J connectivity index is 1.31. The van der Waals surface area contributed by atoms with E-state index in [1.54, 1.807) is 6.92 Å². The predicted octanol–water partition coefficient (Wildman–Crippen LogP) is 2.27. The number of ether oxygens (including phenoxy) is 2. The molecule has 1 spiro atoms. The van der Waals surface area contributed by atoms with Crippen LogP contribution < -0.4 is 14.8 Å². The molecule has 1 saturated heterocycles. The van der Waals surface area contributed by atoms with Gasteiger partial charge in [-0.3, -0.25) is 9.69 Å². The first-order chi connectivity index (χ1) is 12.0. The number of fused-ring (bicyclic) bond motifs is 2. The van der Waals surface area contributed by atoms with Crippen molar-refractivity contribution in [2.45, 2.75) is 63.1 Å². The van der Waals surface area contributed by atoms with Crippen molar-refractivity contribution in [3.8, 4) is 11.5 Å². The van der Waals surface area contributed by atoms with E-state index in [1.807, 2.05) is 12.1 Å². The minimum absolute atomic E-state index is 0.0460. The van der Waals surface area contributed by atoms with Crippen LogP contribution in [-0.4, -0.2) is 41.6 Å². The fourth-order valence-electron chi connectivity index (χ4n) is 4.28. The van der Waals surface area contributed by atoms with E-state index in [1.165, 1.54) is 10.5 Å². The summed E-state index contributed by atoms with van der Waals surface area (Å²) in [6, 6.07) is 3.35. The van der Waals surface area contributed by atoms with Gasteiger partial charge in [-0.1, -0.05) is 6.07 Å². The summed E-state index contributed by atoms with van der Waals surface area (Å²) in [5, 5.41) is 2.67. The standard InChI is InChI=1S/C19H22N2O4/c1-10-3-4-14(15-16(10)24-9-19(15)5-6-19)25-13-7-12(8-13)21-17(22)11(2)20-18(21)23/h3-4,11-13H,5-9H2,1-2H3,(H,20,23). The summed E-state index contributed by atoms with van der Waals surface area (Å²) in [6.45, 7) is 4.55. The maximum Gasteiger partial charge on any atom is 0.325 e. The van der Waals surface area contributed by atoms with Gasteiger partial charge >= 0.3 is 6.03 Å². The van der Waals surface area contributed by atoms with Crippen LogP contribution in [0.3, 0.4) is 0 Å². The molecule has 1 atom stereocenters. The quantitative estimate of drug-likeness (QED) is 0.856. The van der Waals surface area contributed by atoms with E-state index in [9.17, 15) is 9.59 Å². The molecule has 2 heterocycles. The summed E-state index contributed by atoms with van der Waals surface area (Å²) >= 11 is 0. The number of nitrogens with one attached hydrogen (secondary N) is 1. The van der Waals surface area contributed by atoms with Crippen molar-refractivity contribution < 1.29 is 19.1 Å². The smallest absolute Gasteiger partial charge is 0.325 e. The number of urea groups is 1. The van der Waals surface area contributed by atoms with Crippen LogP contribution in [0.1, 0.15) is 43.7 Å². The predicted molar refractivity (Wildman–Crippen MR) is 89.9 cm³/mol. The van der Waals surface area contributed by atoms with Crippen molar-refractivity contribution in [3.63, 3.8) is 0 Å². The molecule has 1 aromatic carbocycles. The first-order valence-electron chi connectivity index (χ1n) is 9.06. The van der Waals surface area contributed by atoms with Gasteiger partial charge in [0.1, 0.15) is 23.6 Å². The summed E-state index contributed by atoms with van der Waals surface area (Å²) in [5.41, 5.74) is 2.56. The SMILES string of the molecule is Cc1ccc(OC2CC(N3C(=O)NC(C)C3=O)C2)c2c1OCC21CC1. The lowest BCUT2D eigenvalue weighted by atomic mass is 9.87. The van der Waals surface area contributed by atoms with Gasteiger partial charge in [0, 0.05) is 29.9 Å². The zero-order chi connectivity index (χ0) is 17.3. The van der Waals surface area contributed by atoms with Crippen molar-refractivity contribution in [2.24, 2.45) is 0 Å². The number of imide groups is 1. The molecule has 4 aliphatic rings. The van der Waals surface area contributed by atoms with E-state index in [0.29, 0.717) is 12.8 Å². The van der Waals surface area contributed by atoms with Crippen molar-refractivity contribution >= 4 is 11.9 Å². The zero-order valence-corrected chi connectivity index (χ0v) is 14.5. The molecule has 2 aliphatic heterocycles. The number of carbonyl (C=O) groups excluding carboxylic acids is 2. The molecule has 2 saturated carbocycles. The summed E-state index contributed by atoms with van der Waals surface area (Å²) in [4.78, 5) is 25.4. The topological polar surface area (TPSA) is 67.9 Å². The monoisotopic (exact) mass is 342 g/mol. The molecule has 2 aliphatic carbocycles. The highest BCUT2D eigenvalue weighted by atomic mass is 16.5. The normalized spacial score (nSPS) is 31.4. The molecule has 132 valence electrons. The summed E-state index contributed by atoms with van der Waals surface area (Å²) in [5.74, 6) is 1.79. The second-order valence-corrected chi connectivity index (χ2v) is 7.90. The zero-order valence-electron chi connectivity index (χ0n) is 14.5. The van der Waals surface area contributed by atoms with Crippen molar-refractivity contribution in [2.75, 3.05) is 6.61 Å². The lowest BCUT2D eigenvalue weighted by Crippen LogP contribution is -2.52. The molecule has 5 rings (SSSR count). The van der Waals surface area contributed by atoms with E-state index >= 15 is 0 Å². The Labute approximate surface area is 146 Å². The Morgan fingerprint density at radius 1 is 1.28 bits per heavy atom. The number of amides is 3. The number of benzene rings is 1. The van der Waals surface area contributed by atoms with E-state index in [2.05, 4.69) is 12.2 Å². The van der Waals surface area contributed by atoms with Crippen LogP contribution in [0.2, 0.25) is 0 Å². The fourth-order valence-corrected chi connectivity index (χ4v) is 4.28. The highest BCUT2D eigenvalue weighted by Gasteiger charge is 2.53. The minimum atomic E-state index is -0.417. The highest BCUT2D eigenvalue weighted by Crippen LogP contribution is 2.59. The van der Waals surface area contributed by atoms with Crippen LogP contribution in [0, 0.1) is 6.92 Å². The Hall–Kier alpha value is -2.24. The second-order valence-electron chi connectivity index (χ2n) is 7.90. The van der Waals surface area contributed by atoms with Crippen LogP contribution in [0.25, 0.3) is 0 Å². The van der Waals surface area contributed by atoms with Crippen LogP contribution in [-0.2, 0) is 10.2 Å². The summed E-state index contributed by atoms with van der Waals surface area (Å²) in [7, 11) is 0. The average molecular weight is 342 g/mol. The van der Waals surface area contributed by atoms with Gasteiger partial charge in [0.05, 0.1) is 6.61 Å². The lowest BCUT2D eigenvalue weighted by Gasteiger charge is -2.39. The average Bonchev–Trinajstić information content (AvgIpc) is 3.14. The van der Waals surface area contributed by atoms with Gasteiger partial charge in [-0.15, -0.1) is 0 Å². The number of hydrogen-bond acceptors (Lipinski definition) is 4. The lowest BCUT2D eigenvalue weighted by molar-refractivity contribution is -0.131. The Morgan fingerprint density at radius 2 is 2.04 bits per heavy atom. The molecule has 0 radical (unpaired) electrons. The second kappa shape index (κ2) is 4.90. The molecule has 0 aromatic heterocycles. The third kappa shape index (κ3) is 2.09. The Kier molecular flexibility index (Phi) is 2.95. The third-order valence-electron chi connectivity index (χ3n) is 6.09. The molecule has 6 nitrogen and oxygen atoms in total. The van der Waals surface area contributed by atoms with Crippen LogP contribution in [0.4, 0.5) is 4.79 Å². The first kappa shape index (κ1) is 15.0. The molecule has 3 amide bonds. The Morgan fingerprint density at radius 3 is 2.68 bits per heavy atom. The van der Waals surface area contributed by atoms with Gasteiger partial charge < -0.3 is 14.8 Å². The van der Waals surface area contributed by atoms with Crippen molar-refractivity contribution in [1.29, 1.82) is 0 Å². The fraction of sp³-hybridized carbons (Fsp3) is 0.579. The first-order valence-corrected chi connectivity index (χ1v) is 9.06. The molecular weight excluding hydrogens is 320 g/mol. The van der Waals surface area contributed by atoms with E-state index < -0.39 is 6.04 Å². The van der Waals surface area contributed by atoms with Gasteiger partial charge in [0.2, 0.25) is 0 Å². The van der Waals surface area contributed by atoms with Crippen LogP contribution in [0.5, 0.6) is 11.5 Å². The van der Waals surface area contributed by atoms with Crippen LogP contribution >= 0.6 is 0 Å². The minimum Gasteiger partial charge on any atom is -0.492 e. The molecule has 25 heavy (non-hydrogen) atoms.